The van der Waals surface area contributed by atoms with Crippen LogP contribution in [0.2, 0.25) is 0 Å². The van der Waals surface area contributed by atoms with Gasteiger partial charge in [-0.15, -0.1) is 5.10 Å². The largest absolute Gasteiger partial charge is 0.461 e. The quantitative estimate of drug-likeness (QED) is 0.241. The molecule has 9 nitrogen and oxygen atoms in total. The van der Waals surface area contributed by atoms with Gasteiger partial charge in [0.15, 0.2) is 10.7 Å². The molecule has 1 saturated carbocycles. The highest BCUT2D eigenvalue weighted by molar-refractivity contribution is 7.80. The molecule has 0 saturated heterocycles. The van der Waals surface area contributed by atoms with Crippen molar-refractivity contribution in [3.8, 4) is 11.3 Å². The summed E-state index contributed by atoms with van der Waals surface area (Å²) in [6, 6.07) is 16.9. The van der Waals surface area contributed by atoms with E-state index in [-0.39, 0.29) is 28.8 Å². The molecule has 1 fully saturated rings. The second-order valence-electron chi connectivity index (χ2n) is 12.4. The molecule has 3 aromatic rings. The Balaban J connectivity index is 1.60. The van der Waals surface area contributed by atoms with E-state index in [0.29, 0.717) is 12.0 Å². The van der Waals surface area contributed by atoms with Crippen LogP contribution in [0.25, 0.3) is 11.3 Å². The number of esters is 1. The molecular weight excluding hydrogens is 538 g/mol. The Morgan fingerprint density at radius 3 is 2.32 bits per heavy atom. The van der Waals surface area contributed by atoms with E-state index in [1.807, 2.05) is 86.2 Å². The highest BCUT2D eigenvalue weighted by atomic mass is 32.1. The van der Waals surface area contributed by atoms with E-state index in [1.165, 1.54) is 0 Å². The van der Waals surface area contributed by atoms with Crippen molar-refractivity contribution >= 4 is 29.4 Å². The first-order valence-corrected chi connectivity index (χ1v) is 14.3. The number of carbonyl (C=O) groups excluding carboxylic acids is 2. The molecule has 4 rings (SSSR count). The van der Waals surface area contributed by atoms with Crippen molar-refractivity contribution in [3.63, 3.8) is 0 Å². The Morgan fingerprint density at radius 1 is 1.07 bits per heavy atom. The Labute approximate surface area is 247 Å². The maximum Gasteiger partial charge on any atom is 0.413 e. The first-order valence-electron chi connectivity index (χ1n) is 13.8. The number of hydrogen-bond acceptors (Lipinski definition) is 7. The van der Waals surface area contributed by atoms with E-state index in [2.05, 4.69) is 27.9 Å². The minimum atomic E-state index is -1.38. The fourth-order valence-corrected chi connectivity index (χ4v) is 4.90. The van der Waals surface area contributed by atoms with Gasteiger partial charge in [0, 0.05) is 5.56 Å². The van der Waals surface area contributed by atoms with Crippen LogP contribution in [0.3, 0.4) is 0 Å². The van der Waals surface area contributed by atoms with Crippen LogP contribution in [-0.4, -0.2) is 38.3 Å². The zero-order valence-corrected chi connectivity index (χ0v) is 25.4. The molecule has 1 aliphatic rings. The van der Waals surface area contributed by atoms with E-state index in [0.717, 1.165) is 29.7 Å². The maximum atomic E-state index is 13.8. The van der Waals surface area contributed by atoms with Crippen LogP contribution in [0.15, 0.2) is 60.8 Å². The van der Waals surface area contributed by atoms with Gasteiger partial charge in [-0.3, -0.25) is 5.32 Å². The van der Waals surface area contributed by atoms with Crippen LogP contribution in [0, 0.1) is 5.41 Å². The van der Waals surface area contributed by atoms with Crippen LogP contribution in [0.5, 0.6) is 0 Å². The zero-order chi connectivity index (χ0) is 29.8. The molecule has 0 unspecified atom stereocenters. The molecule has 1 aromatic heterocycles. The molecule has 10 heteroatoms. The first-order chi connectivity index (χ1) is 19.3. The van der Waals surface area contributed by atoms with Crippen LogP contribution in [0.4, 0.5) is 4.79 Å². The topological polar surface area (TPSA) is 107 Å². The van der Waals surface area contributed by atoms with E-state index < -0.39 is 17.6 Å². The third kappa shape index (κ3) is 7.70. The van der Waals surface area contributed by atoms with E-state index in [1.54, 1.807) is 13.8 Å². The van der Waals surface area contributed by atoms with Gasteiger partial charge in [-0.1, -0.05) is 80.6 Å². The number of aromatic nitrogens is 3. The molecule has 1 atom stereocenters. The molecule has 41 heavy (non-hydrogen) atoms. The van der Waals surface area contributed by atoms with E-state index in [9.17, 15) is 9.59 Å². The number of nitrogens with one attached hydrogen (secondary N) is 2. The first kappa shape index (κ1) is 30.2. The number of alkyl carbamates (subject to hydrolysis) is 1. The summed E-state index contributed by atoms with van der Waals surface area (Å²) in [5.74, 6) is -0.496. The van der Waals surface area contributed by atoms with Crippen molar-refractivity contribution in [1.29, 1.82) is 0 Å². The highest BCUT2D eigenvalue weighted by Crippen LogP contribution is 2.42. The number of nitrogens with zero attached hydrogens (tertiary/aromatic N) is 3. The number of thiocarbonyl (C=S) groups is 1. The summed E-state index contributed by atoms with van der Waals surface area (Å²) in [6.45, 7) is 11.9. The highest BCUT2D eigenvalue weighted by Gasteiger charge is 2.46. The zero-order valence-electron chi connectivity index (χ0n) is 24.6. The monoisotopic (exact) mass is 577 g/mol. The fraction of sp³-hybridized carbons (Fsp3) is 0.452. The second kappa shape index (κ2) is 12.0. The predicted molar refractivity (Wildman–Crippen MR) is 161 cm³/mol. The minimum absolute atomic E-state index is 0.0438. The van der Waals surface area contributed by atoms with Gasteiger partial charge in [-0.2, -0.15) is 0 Å². The Kier molecular flexibility index (Phi) is 8.82. The SMILES string of the molecule is CC(C)OC(=O)[C@](CC(C)(C)C)(NC(=S)NC(=O)OCc1ccccc1)c1ccc(-c2cn(C3(C)CC3)nn2)cc1. The predicted octanol–water partition coefficient (Wildman–Crippen LogP) is 5.84. The fourth-order valence-electron chi connectivity index (χ4n) is 4.64. The summed E-state index contributed by atoms with van der Waals surface area (Å²) in [5.41, 5.74) is 1.44. The second-order valence-corrected chi connectivity index (χ2v) is 12.8. The molecule has 1 aliphatic carbocycles. The van der Waals surface area contributed by atoms with Crippen molar-refractivity contribution in [1.82, 2.24) is 25.6 Å². The lowest BCUT2D eigenvalue weighted by Crippen LogP contribution is -2.58. The average Bonchev–Trinajstić information content (AvgIpc) is 3.45. The van der Waals surface area contributed by atoms with Gasteiger partial charge < -0.3 is 14.8 Å². The molecule has 2 aromatic carbocycles. The summed E-state index contributed by atoms with van der Waals surface area (Å²) in [4.78, 5) is 26.4. The number of amides is 1. The van der Waals surface area contributed by atoms with Crippen molar-refractivity contribution in [2.24, 2.45) is 5.41 Å². The summed E-state index contributed by atoms with van der Waals surface area (Å²) in [5, 5.41) is 14.3. The van der Waals surface area contributed by atoms with Crippen LogP contribution >= 0.6 is 12.2 Å². The van der Waals surface area contributed by atoms with Gasteiger partial charge in [0.05, 0.1) is 17.8 Å². The molecular formula is C31H39N5O4S. The summed E-state index contributed by atoms with van der Waals surface area (Å²) in [7, 11) is 0. The average molecular weight is 578 g/mol. The molecule has 1 heterocycles. The minimum Gasteiger partial charge on any atom is -0.461 e. The molecule has 1 amide bonds. The van der Waals surface area contributed by atoms with Gasteiger partial charge in [-0.25, -0.2) is 14.3 Å². The van der Waals surface area contributed by atoms with Gasteiger partial charge >= 0.3 is 12.1 Å². The lowest BCUT2D eigenvalue weighted by molar-refractivity contribution is -0.157. The number of benzene rings is 2. The number of ether oxygens (including phenoxy) is 2. The Hall–Kier alpha value is -3.79. The smallest absolute Gasteiger partial charge is 0.413 e. The molecule has 0 radical (unpaired) electrons. The summed E-state index contributed by atoms with van der Waals surface area (Å²) in [6.07, 6.45) is 3.37. The van der Waals surface area contributed by atoms with E-state index in [4.69, 9.17) is 21.7 Å². The van der Waals surface area contributed by atoms with Gasteiger partial charge in [0.2, 0.25) is 0 Å². The number of hydrogen-bond donors (Lipinski definition) is 2. The normalized spacial score (nSPS) is 15.5. The third-order valence-corrected chi connectivity index (χ3v) is 7.14. The summed E-state index contributed by atoms with van der Waals surface area (Å²) < 4.78 is 13.0. The Bertz CT molecular complexity index is 1380. The number of carbonyl (C=O) groups is 2. The molecule has 218 valence electrons. The van der Waals surface area contributed by atoms with Crippen molar-refractivity contribution in [3.05, 3.63) is 71.9 Å². The van der Waals surface area contributed by atoms with Crippen LogP contribution in [0.1, 0.15) is 71.9 Å². The number of rotatable bonds is 9. The van der Waals surface area contributed by atoms with E-state index >= 15 is 0 Å². The van der Waals surface area contributed by atoms with Crippen molar-refractivity contribution in [2.75, 3.05) is 0 Å². The van der Waals surface area contributed by atoms with Crippen molar-refractivity contribution in [2.45, 2.75) is 84.6 Å². The van der Waals surface area contributed by atoms with Gasteiger partial charge in [0.25, 0.3) is 0 Å². The third-order valence-electron chi connectivity index (χ3n) is 6.94. The molecule has 0 spiro atoms. The van der Waals surface area contributed by atoms with Crippen LogP contribution < -0.4 is 10.6 Å². The van der Waals surface area contributed by atoms with Crippen LogP contribution in [-0.2, 0) is 32.0 Å². The lowest BCUT2D eigenvalue weighted by atomic mass is 9.75. The maximum absolute atomic E-state index is 13.8. The lowest BCUT2D eigenvalue weighted by Gasteiger charge is -2.39. The summed E-state index contributed by atoms with van der Waals surface area (Å²) >= 11 is 5.53. The van der Waals surface area contributed by atoms with Gasteiger partial charge in [0.1, 0.15) is 12.3 Å². The Morgan fingerprint density at radius 2 is 1.73 bits per heavy atom. The molecule has 2 N–H and O–H groups in total. The molecule has 0 aliphatic heterocycles. The standard InChI is InChI=1S/C31H39N5O4S/c1-21(2)40-26(37)31(20-29(3,4)5,33-27(41)32-28(38)39-19-22-10-8-7-9-11-22)24-14-12-23(13-15-24)25-18-36(35-34-25)30(6)16-17-30/h7-15,18,21H,16-17,19-20H2,1-6H3,(H2,32,33,38,41)/t31-/m1/s1. The van der Waals surface area contributed by atoms with Gasteiger partial charge in [-0.05, 0) is 68.8 Å². The molecule has 0 bridgehead atoms. The van der Waals surface area contributed by atoms with Crippen molar-refractivity contribution < 1.29 is 19.1 Å².